The van der Waals surface area contributed by atoms with E-state index in [0.717, 1.165) is 24.8 Å². The van der Waals surface area contributed by atoms with Gasteiger partial charge in [0.25, 0.3) is 5.91 Å². The van der Waals surface area contributed by atoms with Gasteiger partial charge in [0.15, 0.2) is 0 Å². The first kappa shape index (κ1) is 17.9. The number of ether oxygens (including phenoxy) is 1. The molecule has 0 saturated heterocycles. The number of anilines is 2. The Morgan fingerprint density at radius 2 is 2.04 bits per heavy atom. The molecule has 0 aliphatic heterocycles. The fourth-order valence-electron chi connectivity index (χ4n) is 2.93. The van der Waals surface area contributed by atoms with Crippen LogP contribution in [-0.4, -0.2) is 23.8 Å². The van der Waals surface area contributed by atoms with Crippen LogP contribution in [0.3, 0.4) is 0 Å². The molecule has 1 heterocycles. The first-order chi connectivity index (χ1) is 12.1. The molecular formula is C18H19BrN2O3S. The number of carbonyl (C=O) groups is 2. The average Bonchev–Trinajstić information content (AvgIpc) is 3.17. The van der Waals surface area contributed by atoms with Crippen LogP contribution in [0.1, 0.15) is 34.1 Å². The minimum Gasteiger partial charge on any atom is -0.492 e. The van der Waals surface area contributed by atoms with E-state index in [1.807, 2.05) is 31.2 Å². The number of hydrogen-bond acceptors (Lipinski definition) is 4. The molecule has 2 aromatic rings. The summed E-state index contributed by atoms with van der Waals surface area (Å²) in [6.45, 7) is 2.42. The van der Waals surface area contributed by atoms with Crippen molar-refractivity contribution < 1.29 is 14.3 Å². The van der Waals surface area contributed by atoms with Gasteiger partial charge < -0.3 is 15.4 Å². The van der Waals surface area contributed by atoms with Gasteiger partial charge >= 0.3 is 0 Å². The molecule has 132 valence electrons. The predicted octanol–water partition coefficient (Wildman–Crippen LogP) is 4.22. The highest BCUT2D eigenvalue weighted by Crippen LogP contribution is 2.39. The molecule has 3 rings (SSSR count). The van der Waals surface area contributed by atoms with Crippen molar-refractivity contribution in [1.82, 2.24) is 0 Å². The van der Waals surface area contributed by atoms with E-state index in [9.17, 15) is 9.59 Å². The molecule has 0 radical (unpaired) electrons. The van der Waals surface area contributed by atoms with Crippen molar-refractivity contribution in [3.8, 4) is 5.75 Å². The van der Waals surface area contributed by atoms with Gasteiger partial charge in [0.2, 0.25) is 5.91 Å². The Labute approximate surface area is 158 Å². The Bertz CT molecular complexity index is 804. The Morgan fingerprint density at radius 3 is 2.80 bits per heavy atom. The third-order valence-corrected chi connectivity index (χ3v) is 5.67. The van der Waals surface area contributed by atoms with E-state index in [4.69, 9.17) is 4.74 Å². The van der Waals surface area contributed by atoms with Crippen molar-refractivity contribution in [3.05, 3.63) is 40.3 Å². The van der Waals surface area contributed by atoms with Crippen molar-refractivity contribution in [2.24, 2.45) is 0 Å². The van der Waals surface area contributed by atoms with Crippen LogP contribution in [0, 0.1) is 0 Å². The molecule has 1 aromatic heterocycles. The molecule has 2 amide bonds. The first-order valence-corrected chi connectivity index (χ1v) is 10.1. The third-order valence-electron chi connectivity index (χ3n) is 3.96. The standard InChI is InChI=1S/C18H19BrN2O3S/c1-2-24-13-8-4-3-7-12(13)20-17(23)16-11-6-5-9-14(11)25-18(16)21-15(22)10-19/h3-4,7-8H,2,5-6,9-10H2,1H3,(H,20,23)(H,21,22). The zero-order chi connectivity index (χ0) is 17.8. The van der Waals surface area contributed by atoms with Gasteiger partial charge in [0.05, 0.1) is 23.2 Å². The normalized spacial score (nSPS) is 12.6. The zero-order valence-corrected chi connectivity index (χ0v) is 16.3. The van der Waals surface area contributed by atoms with Crippen LogP contribution >= 0.6 is 27.3 Å². The lowest BCUT2D eigenvalue weighted by Gasteiger charge is -2.12. The van der Waals surface area contributed by atoms with Crippen molar-refractivity contribution in [2.45, 2.75) is 26.2 Å². The number of benzene rings is 1. The molecule has 0 unspecified atom stereocenters. The quantitative estimate of drug-likeness (QED) is 0.684. The van der Waals surface area contributed by atoms with E-state index in [1.165, 1.54) is 16.2 Å². The summed E-state index contributed by atoms with van der Waals surface area (Å²) in [5.74, 6) is 0.261. The Balaban J connectivity index is 1.90. The van der Waals surface area contributed by atoms with Crippen LogP contribution in [0.5, 0.6) is 5.75 Å². The largest absolute Gasteiger partial charge is 0.492 e. The van der Waals surface area contributed by atoms with Crippen molar-refractivity contribution in [2.75, 3.05) is 22.6 Å². The molecule has 0 spiro atoms. The maximum atomic E-state index is 13.0. The Hall–Kier alpha value is -1.86. The molecule has 1 aliphatic carbocycles. The SMILES string of the molecule is CCOc1ccccc1NC(=O)c1c(NC(=O)CBr)sc2c1CCC2. The second-order valence-corrected chi connectivity index (χ2v) is 7.29. The summed E-state index contributed by atoms with van der Waals surface area (Å²) in [7, 11) is 0. The van der Waals surface area contributed by atoms with Crippen molar-refractivity contribution >= 4 is 49.8 Å². The first-order valence-electron chi connectivity index (χ1n) is 8.17. The lowest BCUT2D eigenvalue weighted by molar-refractivity contribution is -0.113. The second-order valence-electron chi connectivity index (χ2n) is 5.63. The highest BCUT2D eigenvalue weighted by molar-refractivity contribution is 9.09. The summed E-state index contributed by atoms with van der Waals surface area (Å²) in [5, 5.41) is 6.60. The van der Waals surface area contributed by atoms with Crippen molar-refractivity contribution in [3.63, 3.8) is 0 Å². The Kier molecular flexibility index (Phi) is 5.75. The molecule has 5 nitrogen and oxygen atoms in total. The van der Waals surface area contributed by atoms with E-state index in [1.54, 1.807) is 0 Å². The molecule has 0 bridgehead atoms. The number of nitrogens with one attached hydrogen (secondary N) is 2. The summed E-state index contributed by atoms with van der Waals surface area (Å²) >= 11 is 4.65. The van der Waals surface area contributed by atoms with E-state index in [0.29, 0.717) is 28.6 Å². The minimum atomic E-state index is -0.212. The third kappa shape index (κ3) is 3.88. The van der Waals surface area contributed by atoms with Gasteiger partial charge in [0, 0.05) is 4.88 Å². The number of thiophene rings is 1. The number of halogens is 1. The van der Waals surface area contributed by atoms with Gasteiger partial charge in [0.1, 0.15) is 10.8 Å². The van der Waals surface area contributed by atoms with Gasteiger partial charge in [-0.2, -0.15) is 0 Å². The number of rotatable bonds is 6. The number of aryl methyl sites for hydroxylation is 1. The summed E-state index contributed by atoms with van der Waals surface area (Å²) in [4.78, 5) is 25.9. The van der Waals surface area contributed by atoms with E-state index < -0.39 is 0 Å². The van der Waals surface area contributed by atoms with Gasteiger partial charge in [-0.1, -0.05) is 28.1 Å². The van der Waals surface area contributed by atoms with Crippen LogP contribution in [0.4, 0.5) is 10.7 Å². The Morgan fingerprint density at radius 1 is 1.24 bits per heavy atom. The van der Waals surface area contributed by atoms with E-state index in [-0.39, 0.29) is 17.1 Å². The van der Waals surface area contributed by atoms with Gasteiger partial charge in [-0.25, -0.2) is 0 Å². The second kappa shape index (κ2) is 8.01. The average molecular weight is 423 g/mol. The van der Waals surface area contributed by atoms with Gasteiger partial charge in [-0.15, -0.1) is 11.3 Å². The van der Waals surface area contributed by atoms with Gasteiger partial charge in [-0.3, -0.25) is 9.59 Å². The predicted molar refractivity (Wildman–Crippen MR) is 104 cm³/mol. The zero-order valence-electron chi connectivity index (χ0n) is 13.9. The lowest BCUT2D eigenvalue weighted by Crippen LogP contribution is -2.18. The fraction of sp³-hybridized carbons (Fsp3) is 0.333. The maximum Gasteiger partial charge on any atom is 0.259 e. The number of hydrogen-bond donors (Lipinski definition) is 2. The smallest absolute Gasteiger partial charge is 0.259 e. The van der Waals surface area contributed by atoms with Crippen LogP contribution < -0.4 is 15.4 Å². The molecule has 0 saturated carbocycles. The van der Waals surface area contributed by atoms with Crippen LogP contribution in [0.25, 0.3) is 0 Å². The minimum absolute atomic E-state index is 0.163. The van der Waals surface area contributed by atoms with E-state index >= 15 is 0 Å². The number of carbonyl (C=O) groups excluding carboxylic acids is 2. The summed E-state index contributed by atoms with van der Waals surface area (Å²) in [6.07, 6.45) is 2.87. The molecule has 7 heteroatoms. The molecule has 2 N–H and O–H groups in total. The monoisotopic (exact) mass is 422 g/mol. The molecular weight excluding hydrogens is 404 g/mol. The lowest BCUT2D eigenvalue weighted by atomic mass is 10.1. The fourth-order valence-corrected chi connectivity index (χ4v) is 4.37. The number of alkyl halides is 1. The van der Waals surface area contributed by atoms with Gasteiger partial charge in [-0.05, 0) is 43.9 Å². The number of para-hydroxylation sites is 2. The summed E-state index contributed by atoms with van der Waals surface area (Å²) < 4.78 is 5.57. The van der Waals surface area contributed by atoms with Crippen LogP contribution in [-0.2, 0) is 17.6 Å². The molecule has 25 heavy (non-hydrogen) atoms. The van der Waals surface area contributed by atoms with E-state index in [2.05, 4.69) is 26.6 Å². The highest BCUT2D eigenvalue weighted by atomic mass is 79.9. The summed E-state index contributed by atoms with van der Waals surface area (Å²) in [5.41, 5.74) is 2.27. The molecule has 1 aliphatic rings. The topological polar surface area (TPSA) is 67.4 Å². The van der Waals surface area contributed by atoms with Crippen LogP contribution in [0.2, 0.25) is 0 Å². The van der Waals surface area contributed by atoms with Crippen molar-refractivity contribution in [1.29, 1.82) is 0 Å². The van der Waals surface area contributed by atoms with Crippen LogP contribution in [0.15, 0.2) is 24.3 Å². The number of fused-ring (bicyclic) bond motifs is 1. The number of amides is 2. The maximum absolute atomic E-state index is 13.0. The highest BCUT2D eigenvalue weighted by Gasteiger charge is 2.27. The molecule has 0 atom stereocenters. The molecule has 1 aromatic carbocycles. The summed E-state index contributed by atoms with van der Waals surface area (Å²) in [6, 6.07) is 7.35. The molecule has 0 fully saturated rings.